The minimum absolute atomic E-state index is 0.0360. The number of nitrogens with zero attached hydrogens (tertiary/aromatic N) is 1. The zero-order chi connectivity index (χ0) is 11.0. The summed E-state index contributed by atoms with van der Waals surface area (Å²) in [4.78, 5) is 12.6. The van der Waals surface area contributed by atoms with Crippen molar-refractivity contribution in [1.29, 1.82) is 0 Å². The Bertz CT molecular complexity index is 422. The van der Waals surface area contributed by atoms with E-state index in [2.05, 4.69) is 0 Å². The van der Waals surface area contributed by atoms with Crippen molar-refractivity contribution in [3.8, 4) is 5.75 Å². The number of hydrogen-bond donors (Lipinski definition) is 1. The number of anilines is 1. The lowest BCUT2D eigenvalue weighted by Gasteiger charge is -2.15. The molecule has 0 atom stereocenters. The number of carbonyl (C=O) groups excluding carboxylic acids is 1. The summed E-state index contributed by atoms with van der Waals surface area (Å²) in [6.45, 7) is 0.757. The van der Waals surface area contributed by atoms with Crippen molar-refractivity contribution in [2.45, 2.75) is 0 Å². The maximum absolute atomic E-state index is 11.3. The van der Waals surface area contributed by atoms with Gasteiger partial charge in [0, 0.05) is 0 Å². The third-order valence-corrected chi connectivity index (χ3v) is 2.96. The highest BCUT2D eigenvalue weighted by atomic mass is 35.5. The van der Waals surface area contributed by atoms with Gasteiger partial charge in [0.2, 0.25) is 0 Å². The Hall–Kier alpha value is -1.13. The maximum Gasteiger partial charge on any atom is 0.414 e. The minimum atomic E-state index is -0.460. The molecule has 1 aromatic rings. The number of rotatable bonds is 1. The molecule has 0 spiro atoms. The lowest BCUT2D eigenvalue weighted by Crippen LogP contribution is -2.23. The Balaban J connectivity index is 2.45. The predicted molar refractivity (Wildman–Crippen MR) is 56.8 cm³/mol. The van der Waals surface area contributed by atoms with Crippen LogP contribution in [0.1, 0.15) is 0 Å². The van der Waals surface area contributed by atoms with Gasteiger partial charge in [-0.25, -0.2) is 4.79 Å². The van der Waals surface area contributed by atoms with Crippen molar-refractivity contribution in [2.75, 3.05) is 18.1 Å². The summed E-state index contributed by atoms with van der Waals surface area (Å²) in [5.74, 6) is -0.113. The SMILES string of the molecule is O=C1OCCN1c1ccc(O)c(Cl)c1Cl. The van der Waals surface area contributed by atoms with E-state index in [0.29, 0.717) is 18.8 Å². The fourth-order valence-corrected chi connectivity index (χ4v) is 1.77. The molecule has 0 aromatic heterocycles. The van der Waals surface area contributed by atoms with Gasteiger partial charge < -0.3 is 9.84 Å². The maximum atomic E-state index is 11.3. The molecule has 6 heteroatoms. The van der Waals surface area contributed by atoms with Crippen LogP contribution >= 0.6 is 23.2 Å². The number of phenols is 1. The molecule has 1 amide bonds. The van der Waals surface area contributed by atoms with E-state index in [0.717, 1.165) is 0 Å². The van der Waals surface area contributed by atoms with E-state index in [4.69, 9.17) is 27.9 Å². The van der Waals surface area contributed by atoms with E-state index in [1.54, 1.807) is 0 Å². The molecule has 0 bridgehead atoms. The van der Waals surface area contributed by atoms with E-state index in [1.807, 2.05) is 0 Å². The van der Waals surface area contributed by atoms with Crippen molar-refractivity contribution >= 4 is 35.0 Å². The molecule has 15 heavy (non-hydrogen) atoms. The molecule has 0 saturated carbocycles. The third kappa shape index (κ3) is 1.70. The normalized spacial score (nSPS) is 15.6. The van der Waals surface area contributed by atoms with Gasteiger partial charge in [0.1, 0.15) is 17.4 Å². The summed E-state index contributed by atoms with van der Waals surface area (Å²) in [5, 5.41) is 9.47. The van der Waals surface area contributed by atoms with Crippen LogP contribution in [0.5, 0.6) is 5.75 Å². The number of hydrogen-bond acceptors (Lipinski definition) is 3. The smallest absolute Gasteiger partial charge is 0.414 e. The number of amides is 1. The molecule has 1 aromatic carbocycles. The molecule has 2 rings (SSSR count). The highest BCUT2D eigenvalue weighted by Crippen LogP contribution is 2.39. The van der Waals surface area contributed by atoms with Gasteiger partial charge >= 0.3 is 6.09 Å². The van der Waals surface area contributed by atoms with Crippen LogP contribution in [0.4, 0.5) is 10.5 Å². The number of ether oxygens (including phenoxy) is 1. The van der Waals surface area contributed by atoms with Crippen LogP contribution in [-0.4, -0.2) is 24.4 Å². The molecule has 0 radical (unpaired) electrons. The largest absolute Gasteiger partial charge is 0.506 e. The summed E-state index contributed by atoms with van der Waals surface area (Å²) < 4.78 is 4.77. The molecule has 1 aliphatic heterocycles. The van der Waals surface area contributed by atoms with Crippen LogP contribution < -0.4 is 4.90 Å². The van der Waals surface area contributed by atoms with Crippen LogP contribution in [-0.2, 0) is 4.74 Å². The van der Waals surface area contributed by atoms with Crippen LogP contribution in [0, 0.1) is 0 Å². The molecular weight excluding hydrogens is 241 g/mol. The van der Waals surface area contributed by atoms with Crippen molar-refractivity contribution < 1.29 is 14.6 Å². The van der Waals surface area contributed by atoms with E-state index >= 15 is 0 Å². The molecular formula is C9H7Cl2NO3. The Morgan fingerprint density at radius 3 is 2.67 bits per heavy atom. The lowest BCUT2D eigenvalue weighted by atomic mass is 10.3. The third-order valence-electron chi connectivity index (χ3n) is 2.09. The van der Waals surface area contributed by atoms with Crippen molar-refractivity contribution in [2.24, 2.45) is 0 Å². The van der Waals surface area contributed by atoms with Crippen molar-refractivity contribution in [3.05, 3.63) is 22.2 Å². The van der Waals surface area contributed by atoms with Gasteiger partial charge in [-0.3, -0.25) is 4.90 Å². The first kappa shape index (κ1) is 10.4. The highest BCUT2D eigenvalue weighted by molar-refractivity contribution is 6.44. The van der Waals surface area contributed by atoms with Gasteiger partial charge in [-0.05, 0) is 12.1 Å². The molecule has 1 aliphatic rings. The summed E-state index contributed by atoms with van der Waals surface area (Å²) in [5.41, 5.74) is 0.446. The average Bonchev–Trinajstić information content (AvgIpc) is 2.62. The highest BCUT2D eigenvalue weighted by Gasteiger charge is 2.26. The van der Waals surface area contributed by atoms with Gasteiger partial charge in [0.15, 0.2) is 0 Å². The van der Waals surface area contributed by atoms with Crippen LogP contribution in [0.25, 0.3) is 0 Å². The molecule has 1 saturated heterocycles. The fourth-order valence-electron chi connectivity index (χ4n) is 1.35. The molecule has 0 aliphatic carbocycles. The van der Waals surface area contributed by atoms with Gasteiger partial charge in [-0.1, -0.05) is 23.2 Å². The number of benzene rings is 1. The zero-order valence-electron chi connectivity index (χ0n) is 7.54. The van der Waals surface area contributed by atoms with Gasteiger partial charge in [0.05, 0.1) is 17.3 Å². The minimum Gasteiger partial charge on any atom is -0.506 e. The topological polar surface area (TPSA) is 49.8 Å². The number of phenolic OH excluding ortho intramolecular Hbond substituents is 1. The second kappa shape index (κ2) is 3.79. The van der Waals surface area contributed by atoms with E-state index in [1.165, 1.54) is 17.0 Å². The molecule has 1 heterocycles. The molecule has 80 valence electrons. The summed E-state index contributed by atoms with van der Waals surface area (Å²) >= 11 is 11.7. The first-order valence-corrected chi connectivity index (χ1v) is 4.98. The van der Waals surface area contributed by atoms with Gasteiger partial charge in [-0.2, -0.15) is 0 Å². The number of aromatic hydroxyl groups is 1. The fraction of sp³-hybridized carbons (Fsp3) is 0.222. The summed E-state index contributed by atoms with van der Waals surface area (Å²) in [6.07, 6.45) is -0.460. The lowest BCUT2D eigenvalue weighted by molar-refractivity contribution is 0.181. The predicted octanol–water partition coefficient (Wildman–Crippen LogP) is 2.66. The number of halogens is 2. The monoisotopic (exact) mass is 247 g/mol. The summed E-state index contributed by atoms with van der Waals surface area (Å²) in [6, 6.07) is 2.91. The van der Waals surface area contributed by atoms with Crippen molar-refractivity contribution in [1.82, 2.24) is 0 Å². The quantitative estimate of drug-likeness (QED) is 0.831. The Morgan fingerprint density at radius 1 is 1.33 bits per heavy atom. The average molecular weight is 248 g/mol. The van der Waals surface area contributed by atoms with Gasteiger partial charge in [0.25, 0.3) is 0 Å². The van der Waals surface area contributed by atoms with Gasteiger partial charge in [-0.15, -0.1) is 0 Å². The molecule has 0 unspecified atom stereocenters. The van der Waals surface area contributed by atoms with E-state index in [9.17, 15) is 9.90 Å². The van der Waals surface area contributed by atoms with Crippen molar-refractivity contribution in [3.63, 3.8) is 0 Å². The number of cyclic esters (lactones) is 1. The van der Waals surface area contributed by atoms with Crippen LogP contribution in [0.15, 0.2) is 12.1 Å². The molecule has 1 N–H and O–H groups in total. The second-order valence-corrected chi connectivity index (χ2v) is 3.75. The molecule has 1 fully saturated rings. The van der Waals surface area contributed by atoms with Crippen LogP contribution in [0.2, 0.25) is 10.0 Å². The first-order chi connectivity index (χ1) is 7.11. The van der Waals surface area contributed by atoms with Crippen LogP contribution in [0.3, 0.4) is 0 Å². The van der Waals surface area contributed by atoms with E-state index in [-0.39, 0.29) is 15.8 Å². The second-order valence-electron chi connectivity index (χ2n) is 3.00. The standard InChI is InChI=1S/C9H7Cl2NO3/c10-7-5(1-2-6(13)8(7)11)12-3-4-15-9(12)14/h1-2,13H,3-4H2. The summed E-state index contributed by atoms with van der Waals surface area (Å²) in [7, 11) is 0. The zero-order valence-corrected chi connectivity index (χ0v) is 9.05. The molecule has 4 nitrogen and oxygen atoms in total. The number of carbonyl (C=O) groups is 1. The Labute approximate surface area is 96.0 Å². The Kier molecular flexibility index (Phi) is 2.63. The first-order valence-electron chi connectivity index (χ1n) is 4.22. The van der Waals surface area contributed by atoms with E-state index < -0.39 is 6.09 Å². The Morgan fingerprint density at radius 2 is 2.07 bits per heavy atom.